The molecule has 6 heteroatoms. The van der Waals surface area contributed by atoms with Crippen LogP contribution in [-0.4, -0.2) is 23.1 Å². The highest BCUT2D eigenvalue weighted by Crippen LogP contribution is 2.22. The van der Waals surface area contributed by atoms with Gasteiger partial charge in [-0.05, 0) is 26.0 Å². The van der Waals surface area contributed by atoms with E-state index in [9.17, 15) is 0 Å². The first-order chi connectivity index (χ1) is 8.19. The number of aromatic nitrogens is 2. The van der Waals surface area contributed by atoms with E-state index in [2.05, 4.69) is 14.7 Å². The van der Waals surface area contributed by atoms with Gasteiger partial charge < -0.3 is 14.5 Å². The molecule has 5 nitrogen and oxygen atoms in total. The van der Waals surface area contributed by atoms with E-state index in [0.29, 0.717) is 6.61 Å². The minimum absolute atomic E-state index is 0.0407. The Kier molecular flexibility index (Phi) is 3.75. The predicted octanol–water partition coefficient (Wildman–Crippen LogP) is 2.55. The van der Waals surface area contributed by atoms with E-state index in [1.54, 1.807) is 7.11 Å². The first kappa shape index (κ1) is 12.1. The van der Waals surface area contributed by atoms with Crippen LogP contribution in [0.3, 0.4) is 0 Å². The summed E-state index contributed by atoms with van der Waals surface area (Å²) in [5.74, 6) is 2.50. The van der Waals surface area contributed by atoms with Crippen LogP contribution < -0.4 is 5.32 Å². The summed E-state index contributed by atoms with van der Waals surface area (Å²) in [7, 11) is 1.66. The average molecular weight is 253 g/mol. The maximum atomic E-state index is 5.59. The Morgan fingerprint density at radius 1 is 1.47 bits per heavy atom. The standard InChI is InChI=1S/C11H15N3O2S/c1-7-4-5-10(16-7)9(6-15-3)13-11-12-8(2)14-17-11/h4-5,9H,6H2,1-3H3,(H,12,13,14). The fraction of sp³-hybridized carbons (Fsp3) is 0.455. The van der Waals surface area contributed by atoms with Crippen LogP contribution in [-0.2, 0) is 4.74 Å². The Morgan fingerprint density at radius 2 is 2.29 bits per heavy atom. The van der Waals surface area contributed by atoms with Gasteiger partial charge in [-0.15, -0.1) is 0 Å². The minimum atomic E-state index is -0.0407. The zero-order valence-electron chi connectivity index (χ0n) is 10.1. The normalized spacial score (nSPS) is 12.6. The molecule has 0 fully saturated rings. The van der Waals surface area contributed by atoms with Gasteiger partial charge in [-0.25, -0.2) is 4.98 Å². The quantitative estimate of drug-likeness (QED) is 0.887. The molecule has 0 aromatic carbocycles. The molecule has 0 spiro atoms. The van der Waals surface area contributed by atoms with E-state index < -0.39 is 0 Å². The molecule has 0 aliphatic carbocycles. The van der Waals surface area contributed by atoms with Crippen LogP contribution in [0.25, 0.3) is 0 Å². The molecule has 0 amide bonds. The van der Waals surface area contributed by atoms with E-state index in [4.69, 9.17) is 9.15 Å². The third-order valence-electron chi connectivity index (χ3n) is 2.26. The number of methoxy groups -OCH3 is 1. The number of ether oxygens (including phenoxy) is 1. The molecular formula is C11H15N3O2S. The number of rotatable bonds is 5. The van der Waals surface area contributed by atoms with Crippen LogP contribution in [0.5, 0.6) is 0 Å². The second kappa shape index (κ2) is 5.29. The van der Waals surface area contributed by atoms with Crippen LogP contribution in [0, 0.1) is 13.8 Å². The summed E-state index contributed by atoms with van der Waals surface area (Å²) in [6.07, 6.45) is 0. The van der Waals surface area contributed by atoms with Crippen molar-refractivity contribution in [1.82, 2.24) is 9.36 Å². The molecule has 2 aromatic rings. The van der Waals surface area contributed by atoms with Crippen molar-refractivity contribution in [1.29, 1.82) is 0 Å². The van der Waals surface area contributed by atoms with E-state index in [1.807, 2.05) is 26.0 Å². The third-order valence-corrected chi connectivity index (χ3v) is 3.00. The second-order valence-corrected chi connectivity index (χ2v) is 4.50. The Hall–Kier alpha value is -1.40. The van der Waals surface area contributed by atoms with Gasteiger partial charge in [-0.3, -0.25) is 0 Å². The van der Waals surface area contributed by atoms with Gasteiger partial charge in [0.15, 0.2) is 0 Å². The summed E-state index contributed by atoms with van der Waals surface area (Å²) in [4.78, 5) is 4.26. The molecular weight excluding hydrogens is 238 g/mol. The highest BCUT2D eigenvalue weighted by molar-refractivity contribution is 7.09. The van der Waals surface area contributed by atoms with E-state index in [0.717, 1.165) is 22.5 Å². The molecule has 1 N–H and O–H groups in total. The van der Waals surface area contributed by atoms with Crippen molar-refractivity contribution in [3.05, 3.63) is 29.5 Å². The van der Waals surface area contributed by atoms with Crippen molar-refractivity contribution in [3.63, 3.8) is 0 Å². The lowest BCUT2D eigenvalue weighted by Gasteiger charge is -2.14. The number of hydrogen-bond donors (Lipinski definition) is 1. The van der Waals surface area contributed by atoms with Gasteiger partial charge in [0.1, 0.15) is 23.4 Å². The smallest absolute Gasteiger partial charge is 0.203 e. The summed E-state index contributed by atoms with van der Waals surface area (Å²) in [6, 6.07) is 3.84. The number of hydrogen-bond acceptors (Lipinski definition) is 6. The van der Waals surface area contributed by atoms with Gasteiger partial charge in [0.25, 0.3) is 0 Å². The number of nitrogens with zero attached hydrogens (tertiary/aromatic N) is 2. The van der Waals surface area contributed by atoms with E-state index in [-0.39, 0.29) is 6.04 Å². The molecule has 2 aromatic heterocycles. The van der Waals surface area contributed by atoms with Crippen LogP contribution in [0.15, 0.2) is 16.5 Å². The summed E-state index contributed by atoms with van der Waals surface area (Å²) in [5, 5.41) is 4.03. The first-order valence-electron chi connectivity index (χ1n) is 5.31. The van der Waals surface area contributed by atoms with Crippen molar-refractivity contribution in [2.45, 2.75) is 19.9 Å². The molecule has 1 atom stereocenters. The summed E-state index contributed by atoms with van der Waals surface area (Å²) < 4.78 is 14.9. The first-order valence-corrected chi connectivity index (χ1v) is 6.08. The number of nitrogens with one attached hydrogen (secondary N) is 1. The molecule has 0 bridgehead atoms. The monoisotopic (exact) mass is 253 g/mol. The Bertz CT molecular complexity index is 481. The van der Waals surface area contributed by atoms with E-state index in [1.165, 1.54) is 11.5 Å². The zero-order chi connectivity index (χ0) is 12.3. The van der Waals surface area contributed by atoms with Crippen molar-refractivity contribution in [2.75, 3.05) is 19.0 Å². The second-order valence-electron chi connectivity index (χ2n) is 3.75. The highest BCUT2D eigenvalue weighted by Gasteiger charge is 2.16. The van der Waals surface area contributed by atoms with Crippen molar-refractivity contribution in [2.24, 2.45) is 0 Å². The van der Waals surface area contributed by atoms with Gasteiger partial charge >= 0.3 is 0 Å². The van der Waals surface area contributed by atoms with Crippen LogP contribution in [0.2, 0.25) is 0 Å². The third kappa shape index (κ3) is 3.04. The lowest BCUT2D eigenvalue weighted by atomic mass is 10.2. The summed E-state index contributed by atoms with van der Waals surface area (Å²) in [6.45, 7) is 4.30. The van der Waals surface area contributed by atoms with Gasteiger partial charge in [0.2, 0.25) is 5.13 Å². The largest absolute Gasteiger partial charge is 0.464 e. The van der Waals surface area contributed by atoms with E-state index >= 15 is 0 Å². The Balaban J connectivity index is 2.12. The Morgan fingerprint density at radius 3 is 2.82 bits per heavy atom. The van der Waals surface area contributed by atoms with Crippen molar-refractivity contribution in [3.8, 4) is 0 Å². The Labute approximate surface area is 104 Å². The molecule has 2 rings (SSSR count). The summed E-state index contributed by atoms with van der Waals surface area (Å²) >= 11 is 1.34. The molecule has 1 unspecified atom stereocenters. The van der Waals surface area contributed by atoms with Gasteiger partial charge in [-0.1, -0.05) is 0 Å². The fourth-order valence-electron chi connectivity index (χ4n) is 1.51. The molecule has 0 radical (unpaired) electrons. The minimum Gasteiger partial charge on any atom is -0.464 e. The van der Waals surface area contributed by atoms with Crippen LogP contribution in [0.1, 0.15) is 23.4 Å². The zero-order valence-corrected chi connectivity index (χ0v) is 10.9. The molecule has 17 heavy (non-hydrogen) atoms. The SMILES string of the molecule is COCC(Nc1nc(C)ns1)c1ccc(C)o1. The molecule has 0 aliphatic rings. The number of furan rings is 1. The lowest BCUT2D eigenvalue weighted by molar-refractivity contribution is 0.178. The molecule has 0 aliphatic heterocycles. The van der Waals surface area contributed by atoms with Crippen LogP contribution >= 0.6 is 11.5 Å². The fourth-order valence-corrected chi connectivity index (χ4v) is 2.13. The highest BCUT2D eigenvalue weighted by atomic mass is 32.1. The van der Waals surface area contributed by atoms with Gasteiger partial charge in [-0.2, -0.15) is 4.37 Å². The number of aryl methyl sites for hydroxylation is 2. The van der Waals surface area contributed by atoms with Crippen LogP contribution in [0.4, 0.5) is 5.13 Å². The van der Waals surface area contributed by atoms with Crippen molar-refractivity contribution < 1.29 is 9.15 Å². The van der Waals surface area contributed by atoms with Gasteiger partial charge in [0, 0.05) is 18.6 Å². The molecule has 92 valence electrons. The maximum absolute atomic E-state index is 5.59. The summed E-state index contributed by atoms with van der Waals surface area (Å²) in [5.41, 5.74) is 0. The molecule has 0 saturated carbocycles. The lowest BCUT2D eigenvalue weighted by Crippen LogP contribution is -2.15. The molecule has 2 heterocycles. The number of anilines is 1. The molecule has 0 saturated heterocycles. The topological polar surface area (TPSA) is 60.2 Å². The maximum Gasteiger partial charge on any atom is 0.203 e. The van der Waals surface area contributed by atoms with Crippen molar-refractivity contribution >= 4 is 16.7 Å². The predicted molar refractivity (Wildman–Crippen MR) is 66.3 cm³/mol. The average Bonchev–Trinajstić information content (AvgIpc) is 2.87. The van der Waals surface area contributed by atoms with Gasteiger partial charge in [0.05, 0.1) is 6.61 Å².